The van der Waals surface area contributed by atoms with E-state index < -0.39 is 0 Å². The Kier molecular flexibility index (Phi) is 0.595. The second-order valence-corrected chi connectivity index (χ2v) is 3.62. The molecular formula is C8H14. The molecule has 0 nitrogen and oxygen atoms in total. The van der Waals surface area contributed by atoms with Crippen molar-refractivity contribution in [2.24, 2.45) is 10.8 Å². The lowest BCUT2D eigenvalue weighted by Crippen LogP contribution is -1.78. The van der Waals surface area contributed by atoms with E-state index in [4.69, 9.17) is 0 Å². The monoisotopic (exact) mass is 110 g/mol. The summed E-state index contributed by atoms with van der Waals surface area (Å²) >= 11 is 0. The van der Waals surface area contributed by atoms with Gasteiger partial charge < -0.3 is 0 Å². The molecule has 46 valence electrons. The molecule has 2 fully saturated rings. The van der Waals surface area contributed by atoms with Crippen molar-refractivity contribution in [3.63, 3.8) is 0 Å². The summed E-state index contributed by atoms with van der Waals surface area (Å²) in [5.41, 5.74) is 1.81. The smallest absolute Gasteiger partial charge is 0.0232 e. The summed E-state index contributed by atoms with van der Waals surface area (Å²) in [7, 11) is 0. The molecule has 0 aromatic carbocycles. The number of rotatable bonds is 2. The van der Waals surface area contributed by atoms with Gasteiger partial charge in [-0.2, -0.15) is 0 Å². The normalized spacial score (nSPS) is 57.8. The first-order chi connectivity index (χ1) is 3.79. The van der Waals surface area contributed by atoms with Gasteiger partial charge in [0.2, 0.25) is 0 Å². The van der Waals surface area contributed by atoms with Crippen molar-refractivity contribution in [1.29, 1.82) is 0 Å². The van der Waals surface area contributed by atoms with E-state index in [2.05, 4.69) is 13.8 Å². The summed E-state index contributed by atoms with van der Waals surface area (Å²) in [5, 5.41) is 0. The molecule has 0 spiro atoms. The highest BCUT2D eigenvalue weighted by atomic mass is 14.8. The lowest BCUT2D eigenvalue weighted by Gasteiger charge is -1.91. The Morgan fingerprint density at radius 1 is 1.00 bits per heavy atom. The van der Waals surface area contributed by atoms with Gasteiger partial charge in [0.05, 0.1) is 0 Å². The second kappa shape index (κ2) is 0.984. The molecule has 2 aliphatic carbocycles. The Bertz CT molecular complexity index is 104. The first-order valence-electron chi connectivity index (χ1n) is 3.79. The molecule has 2 aliphatic rings. The Morgan fingerprint density at radius 3 is 1.50 bits per heavy atom. The van der Waals surface area contributed by atoms with Crippen molar-refractivity contribution in [2.45, 2.75) is 39.5 Å². The first kappa shape index (κ1) is 4.84. The van der Waals surface area contributed by atoms with Crippen LogP contribution in [0.3, 0.4) is 0 Å². The maximum Gasteiger partial charge on any atom is -0.0232 e. The molecule has 0 bridgehead atoms. The van der Waals surface area contributed by atoms with E-state index in [0.29, 0.717) is 0 Å². The van der Waals surface area contributed by atoms with Crippen LogP contribution in [0, 0.1) is 10.8 Å². The highest BCUT2D eigenvalue weighted by molar-refractivity contribution is 5.29. The van der Waals surface area contributed by atoms with E-state index in [9.17, 15) is 0 Å². The Labute approximate surface area is 51.3 Å². The third-order valence-corrected chi connectivity index (χ3v) is 3.58. The molecule has 0 radical (unpaired) electrons. The minimum absolute atomic E-state index is 0.905. The molecule has 0 unspecified atom stereocenters. The van der Waals surface area contributed by atoms with Gasteiger partial charge >= 0.3 is 0 Å². The van der Waals surface area contributed by atoms with Crippen LogP contribution in [-0.2, 0) is 0 Å². The molecular weight excluding hydrogens is 96.1 g/mol. The molecule has 0 saturated heterocycles. The lowest BCUT2D eigenvalue weighted by atomic mass is 10.1. The van der Waals surface area contributed by atoms with E-state index >= 15 is 0 Å². The number of hydrogen-bond acceptors (Lipinski definition) is 0. The van der Waals surface area contributed by atoms with Crippen molar-refractivity contribution in [3.8, 4) is 0 Å². The van der Waals surface area contributed by atoms with Gasteiger partial charge in [-0.3, -0.25) is 0 Å². The number of hydrogen-bond donors (Lipinski definition) is 0. The molecule has 0 atom stereocenters. The quantitative estimate of drug-likeness (QED) is 0.512. The van der Waals surface area contributed by atoms with E-state index in [-0.39, 0.29) is 0 Å². The molecule has 0 aliphatic heterocycles. The Balaban J connectivity index is 2.04. The molecule has 0 heterocycles. The van der Waals surface area contributed by atoms with Crippen LogP contribution in [-0.4, -0.2) is 0 Å². The zero-order valence-electron chi connectivity index (χ0n) is 5.83. The summed E-state index contributed by atoms with van der Waals surface area (Å²) in [6, 6.07) is 0. The minimum Gasteiger partial charge on any atom is -0.0648 e. The van der Waals surface area contributed by atoms with Crippen LogP contribution >= 0.6 is 0 Å². The standard InChI is InChI=1S/C8H14/c1-3-7-5-8(7,4-2)6-7/h3-6H2,1-2H3. The Hall–Kier alpha value is 0. The van der Waals surface area contributed by atoms with Crippen LogP contribution in [0.1, 0.15) is 39.5 Å². The maximum absolute atomic E-state index is 2.34. The van der Waals surface area contributed by atoms with Crippen molar-refractivity contribution in [2.75, 3.05) is 0 Å². The summed E-state index contributed by atoms with van der Waals surface area (Å²) in [6.45, 7) is 4.68. The van der Waals surface area contributed by atoms with Crippen molar-refractivity contribution in [1.82, 2.24) is 0 Å². The summed E-state index contributed by atoms with van der Waals surface area (Å²) in [6.07, 6.45) is 6.02. The molecule has 0 amide bonds. The minimum atomic E-state index is 0.905. The molecule has 0 heteroatoms. The molecule has 2 rings (SSSR count). The second-order valence-electron chi connectivity index (χ2n) is 3.62. The summed E-state index contributed by atoms with van der Waals surface area (Å²) < 4.78 is 0. The molecule has 0 N–H and O–H groups in total. The highest BCUT2D eigenvalue weighted by Gasteiger charge is 2.79. The topological polar surface area (TPSA) is 0 Å². The largest absolute Gasteiger partial charge is 0.0648 e. The molecule has 2 saturated carbocycles. The van der Waals surface area contributed by atoms with E-state index in [1.807, 2.05) is 0 Å². The van der Waals surface area contributed by atoms with Crippen LogP contribution in [0.4, 0.5) is 0 Å². The van der Waals surface area contributed by atoms with Gasteiger partial charge in [0.25, 0.3) is 0 Å². The van der Waals surface area contributed by atoms with E-state index in [0.717, 1.165) is 10.8 Å². The molecule has 0 aromatic heterocycles. The van der Waals surface area contributed by atoms with E-state index in [1.165, 1.54) is 12.8 Å². The van der Waals surface area contributed by atoms with Gasteiger partial charge in [0.1, 0.15) is 0 Å². The van der Waals surface area contributed by atoms with Crippen LogP contribution < -0.4 is 0 Å². The lowest BCUT2D eigenvalue weighted by molar-refractivity contribution is 0.603. The third kappa shape index (κ3) is 0.284. The van der Waals surface area contributed by atoms with Crippen molar-refractivity contribution < 1.29 is 0 Å². The fourth-order valence-corrected chi connectivity index (χ4v) is 2.41. The SMILES string of the molecule is CCC12CC1(CC)C2. The molecule has 8 heavy (non-hydrogen) atoms. The van der Waals surface area contributed by atoms with Gasteiger partial charge in [0, 0.05) is 0 Å². The van der Waals surface area contributed by atoms with E-state index in [1.54, 1.807) is 12.8 Å². The zero-order chi connectivity index (χ0) is 5.83. The zero-order valence-corrected chi connectivity index (χ0v) is 5.83. The predicted octanol–water partition coefficient (Wildman–Crippen LogP) is 2.59. The summed E-state index contributed by atoms with van der Waals surface area (Å²) in [4.78, 5) is 0. The van der Waals surface area contributed by atoms with Gasteiger partial charge in [-0.25, -0.2) is 0 Å². The first-order valence-corrected chi connectivity index (χ1v) is 3.79. The van der Waals surface area contributed by atoms with Gasteiger partial charge in [0.15, 0.2) is 0 Å². The maximum atomic E-state index is 2.34. The van der Waals surface area contributed by atoms with Gasteiger partial charge in [-0.05, 0) is 36.5 Å². The highest BCUT2D eigenvalue weighted by Crippen LogP contribution is 2.88. The van der Waals surface area contributed by atoms with Crippen LogP contribution in [0.5, 0.6) is 0 Å². The van der Waals surface area contributed by atoms with Crippen molar-refractivity contribution in [3.05, 3.63) is 0 Å². The van der Waals surface area contributed by atoms with Crippen LogP contribution in [0.2, 0.25) is 0 Å². The third-order valence-electron chi connectivity index (χ3n) is 3.58. The fourth-order valence-electron chi connectivity index (χ4n) is 2.41. The number of fused-ring (bicyclic) bond motifs is 1. The average Bonchev–Trinajstić information content (AvgIpc) is 2.48. The summed E-state index contributed by atoms with van der Waals surface area (Å²) in [5.74, 6) is 0. The van der Waals surface area contributed by atoms with Crippen molar-refractivity contribution >= 4 is 0 Å². The van der Waals surface area contributed by atoms with Crippen LogP contribution in [0.25, 0.3) is 0 Å². The van der Waals surface area contributed by atoms with Crippen LogP contribution in [0.15, 0.2) is 0 Å². The fraction of sp³-hybridized carbons (Fsp3) is 1.00. The van der Waals surface area contributed by atoms with Gasteiger partial charge in [-0.1, -0.05) is 13.8 Å². The predicted molar refractivity (Wildman–Crippen MR) is 34.7 cm³/mol. The van der Waals surface area contributed by atoms with Gasteiger partial charge in [-0.15, -0.1) is 0 Å². The Morgan fingerprint density at radius 2 is 1.38 bits per heavy atom. The molecule has 0 aromatic rings. The average molecular weight is 110 g/mol.